The molecule has 1 amide bonds. The van der Waals surface area contributed by atoms with Crippen LogP contribution in [0.3, 0.4) is 0 Å². The number of ether oxygens (including phenoxy) is 2. The summed E-state index contributed by atoms with van der Waals surface area (Å²) in [5.41, 5.74) is 1.28. The summed E-state index contributed by atoms with van der Waals surface area (Å²) >= 11 is 1.94. The maximum atomic E-state index is 12.8. The number of nitro benzene ring substituents is 1. The quantitative estimate of drug-likeness (QED) is 0.394. The summed E-state index contributed by atoms with van der Waals surface area (Å²) in [6.07, 6.45) is 0. The molecule has 0 aliphatic carbocycles. The Morgan fingerprint density at radius 2 is 1.85 bits per heavy atom. The monoisotopic (exact) mass is 482 g/mol. The molecule has 1 heterocycles. The SMILES string of the molecule is CC(C)C(NC(=O)c1ccc([N+](=O)[O-])cc1I)c1ccc2c(c1)OCCO2. The minimum absolute atomic E-state index is 0.0387. The van der Waals surface area contributed by atoms with E-state index in [1.165, 1.54) is 18.2 Å². The predicted octanol–water partition coefficient (Wildman–Crippen LogP) is 4.10. The number of nitrogens with one attached hydrogen (secondary N) is 1. The summed E-state index contributed by atoms with van der Waals surface area (Å²) in [7, 11) is 0. The molecule has 0 saturated carbocycles. The normalized spacial score (nSPS) is 13.9. The average Bonchev–Trinajstić information content (AvgIpc) is 2.65. The molecule has 1 unspecified atom stereocenters. The maximum absolute atomic E-state index is 12.8. The van der Waals surface area contributed by atoms with Gasteiger partial charge in [-0.2, -0.15) is 0 Å². The molecule has 2 aromatic carbocycles. The lowest BCUT2D eigenvalue weighted by Gasteiger charge is -2.25. The van der Waals surface area contributed by atoms with E-state index < -0.39 is 4.92 Å². The smallest absolute Gasteiger partial charge is 0.270 e. The highest BCUT2D eigenvalue weighted by atomic mass is 127. The van der Waals surface area contributed by atoms with Crippen molar-refractivity contribution < 1.29 is 19.2 Å². The number of amides is 1. The number of rotatable bonds is 5. The Labute approximate surface area is 170 Å². The van der Waals surface area contributed by atoms with Crippen LogP contribution in [-0.2, 0) is 0 Å². The zero-order chi connectivity index (χ0) is 19.6. The average molecular weight is 482 g/mol. The van der Waals surface area contributed by atoms with Crippen molar-refractivity contribution >= 4 is 34.2 Å². The minimum Gasteiger partial charge on any atom is -0.486 e. The molecule has 1 atom stereocenters. The molecular formula is C19H19IN2O5. The standard InChI is InChI=1S/C19H19IN2O5/c1-11(2)18(12-3-6-16-17(9-12)27-8-7-26-16)21-19(23)14-5-4-13(22(24)25)10-15(14)20/h3-6,9-11,18H,7-8H2,1-2H3,(H,21,23). The van der Waals surface area contributed by atoms with Crippen LogP contribution in [0.15, 0.2) is 36.4 Å². The molecule has 27 heavy (non-hydrogen) atoms. The number of nitro groups is 1. The number of nitrogens with zero attached hydrogens (tertiary/aromatic N) is 1. The molecule has 0 radical (unpaired) electrons. The molecule has 0 bridgehead atoms. The third-order valence-corrected chi connectivity index (χ3v) is 5.18. The molecule has 1 aliphatic rings. The van der Waals surface area contributed by atoms with Gasteiger partial charge in [-0.05, 0) is 52.3 Å². The van der Waals surface area contributed by atoms with Gasteiger partial charge in [-0.15, -0.1) is 0 Å². The summed E-state index contributed by atoms with van der Waals surface area (Å²) in [6.45, 7) is 5.05. The van der Waals surface area contributed by atoms with Crippen molar-refractivity contribution in [3.63, 3.8) is 0 Å². The molecule has 1 aliphatic heterocycles. The van der Waals surface area contributed by atoms with Crippen LogP contribution in [0.4, 0.5) is 5.69 Å². The van der Waals surface area contributed by atoms with E-state index in [1.807, 2.05) is 54.6 Å². The van der Waals surface area contributed by atoms with Crippen molar-refractivity contribution in [1.29, 1.82) is 0 Å². The second-order valence-corrected chi connectivity index (χ2v) is 7.68. The molecule has 0 aromatic heterocycles. The third-order valence-electron chi connectivity index (χ3n) is 4.29. The van der Waals surface area contributed by atoms with E-state index in [9.17, 15) is 14.9 Å². The zero-order valence-electron chi connectivity index (χ0n) is 14.9. The fourth-order valence-electron chi connectivity index (χ4n) is 2.91. The van der Waals surface area contributed by atoms with Gasteiger partial charge in [-0.25, -0.2) is 0 Å². The van der Waals surface area contributed by atoms with Crippen LogP contribution in [0.2, 0.25) is 0 Å². The second kappa shape index (κ2) is 8.12. The summed E-state index contributed by atoms with van der Waals surface area (Å²) in [4.78, 5) is 23.2. The van der Waals surface area contributed by atoms with Gasteiger partial charge in [0, 0.05) is 15.7 Å². The minimum atomic E-state index is -0.476. The highest BCUT2D eigenvalue weighted by molar-refractivity contribution is 14.1. The number of halogens is 1. The number of hydrogen-bond donors (Lipinski definition) is 1. The first-order valence-electron chi connectivity index (χ1n) is 8.51. The lowest BCUT2D eigenvalue weighted by molar-refractivity contribution is -0.384. The first kappa shape index (κ1) is 19.4. The number of carbonyl (C=O) groups excluding carboxylic acids is 1. The third kappa shape index (κ3) is 4.32. The van der Waals surface area contributed by atoms with Gasteiger partial charge in [0.25, 0.3) is 11.6 Å². The summed E-state index contributed by atoms with van der Waals surface area (Å²) < 4.78 is 11.7. The fourth-order valence-corrected chi connectivity index (χ4v) is 3.65. The number of hydrogen-bond acceptors (Lipinski definition) is 5. The van der Waals surface area contributed by atoms with E-state index in [0.717, 1.165) is 5.56 Å². The molecule has 8 heteroatoms. The largest absolute Gasteiger partial charge is 0.486 e. The van der Waals surface area contributed by atoms with Gasteiger partial charge < -0.3 is 14.8 Å². The molecule has 0 spiro atoms. The number of fused-ring (bicyclic) bond motifs is 1. The van der Waals surface area contributed by atoms with Gasteiger partial charge in [0.15, 0.2) is 11.5 Å². The molecule has 7 nitrogen and oxygen atoms in total. The Morgan fingerprint density at radius 3 is 2.48 bits per heavy atom. The second-order valence-electron chi connectivity index (χ2n) is 6.52. The predicted molar refractivity (Wildman–Crippen MR) is 108 cm³/mol. The fraction of sp³-hybridized carbons (Fsp3) is 0.316. The lowest BCUT2D eigenvalue weighted by Crippen LogP contribution is -2.32. The van der Waals surface area contributed by atoms with Crippen LogP contribution in [0.1, 0.15) is 35.8 Å². The maximum Gasteiger partial charge on any atom is 0.270 e. The van der Waals surface area contributed by atoms with E-state index in [2.05, 4.69) is 5.32 Å². The van der Waals surface area contributed by atoms with Crippen LogP contribution in [-0.4, -0.2) is 24.0 Å². The molecule has 2 aromatic rings. The number of carbonyl (C=O) groups is 1. The Hall–Kier alpha value is -2.36. The number of non-ortho nitro benzene ring substituents is 1. The van der Waals surface area contributed by atoms with Gasteiger partial charge in [-0.1, -0.05) is 19.9 Å². The van der Waals surface area contributed by atoms with Crippen LogP contribution in [0.25, 0.3) is 0 Å². The summed E-state index contributed by atoms with van der Waals surface area (Å²) in [6, 6.07) is 9.63. The van der Waals surface area contributed by atoms with Crippen LogP contribution >= 0.6 is 22.6 Å². The molecule has 142 valence electrons. The Morgan fingerprint density at radius 1 is 1.15 bits per heavy atom. The summed E-state index contributed by atoms with van der Waals surface area (Å²) in [5, 5.41) is 13.9. The van der Waals surface area contributed by atoms with E-state index in [0.29, 0.717) is 33.8 Å². The van der Waals surface area contributed by atoms with E-state index in [4.69, 9.17) is 9.47 Å². The molecular weight excluding hydrogens is 463 g/mol. The Bertz CT molecular complexity index is 884. The molecule has 3 rings (SSSR count). The van der Waals surface area contributed by atoms with Gasteiger partial charge in [0.2, 0.25) is 0 Å². The van der Waals surface area contributed by atoms with Crippen molar-refractivity contribution in [3.8, 4) is 11.5 Å². The van der Waals surface area contributed by atoms with Crippen molar-refractivity contribution in [1.82, 2.24) is 5.32 Å². The van der Waals surface area contributed by atoms with E-state index >= 15 is 0 Å². The lowest BCUT2D eigenvalue weighted by atomic mass is 9.95. The van der Waals surface area contributed by atoms with Crippen LogP contribution in [0.5, 0.6) is 11.5 Å². The molecule has 1 N–H and O–H groups in total. The van der Waals surface area contributed by atoms with Gasteiger partial charge >= 0.3 is 0 Å². The van der Waals surface area contributed by atoms with Gasteiger partial charge in [-0.3, -0.25) is 14.9 Å². The highest BCUT2D eigenvalue weighted by Gasteiger charge is 2.23. The van der Waals surface area contributed by atoms with Gasteiger partial charge in [0.1, 0.15) is 13.2 Å². The van der Waals surface area contributed by atoms with Crippen LogP contribution < -0.4 is 14.8 Å². The highest BCUT2D eigenvalue weighted by Crippen LogP contribution is 2.34. The number of benzene rings is 2. The van der Waals surface area contributed by atoms with E-state index in [-0.39, 0.29) is 23.6 Å². The van der Waals surface area contributed by atoms with Crippen molar-refractivity contribution in [2.24, 2.45) is 5.92 Å². The van der Waals surface area contributed by atoms with Crippen molar-refractivity contribution in [2.45, 2.75) is 19.9 Å². The first-order chi connectivity index (χ1) is 12.9. The zero-order valence-corrected chi connectivity index (χ0v) is 17.1. The first-order valence-corrected chi connectivity index (χ1v) is 9.59. The molecule has 0 saturated heterocycles. The topological polar surface area (TPSA) is 90.7 Å². The van der Waals surface area contributed by atoms with Crippen molar-refractivity contribution in [3.05, 3.63) is 61.2 Å². The molecule has 0 fully saturated rings. The van der Waals surface area contributed by atoms with E-state index in [1.54, 1.807) is 0 Å². The van der Waals surface area contributed by atoms with Crippen LogP contribution in [0, 0.1) is 19.6 Å². The Kier molecular flexibility index (Phi) is 5.83. The Balaban J connectivity index is 1.84. The van der Waals surface area contributed by atoms with Gasteiger partial charge in [0.05, 0.1) is 16.5 Å². The summed E-state index contributed by atoms with van der Waals surface area (Å²) in [5.74, 6) is 1.22. The van der Waals surface area contributed by atoms with Crippen molar-refractivity contribution in [2.75, 3.05) is 13.2 Å².